The number of aryl methyl sites for hydroxylation is 1. The van der Waals surface area contributed by atoms with Gasteiger partial charge in [0.25, 0.3) is 0 Å². The molecule has 1 rings (SSSR count). The summed E-state index contributed by atoms with van der Waals surface area (Å²) < 4.78 is 0. The standard InChI is InChI=1S/C21H28N2/c1-8-18(13-23-9-2)16(6)17(7)21(22)19-11-10-15(5)12-20(19)14(3)4/h8,10-14,22-23H,1,6-7,9H2,2-5H3/b18-13+,22-21?. The fraction of sp³-hybridized carbons (Fsp3) is 0.286. The molecular weight excluding hydrogens is 280 g/mol. The van der Waals surface area contributed by atoms with E-state index in [0.717, 1.165) is 23.3 Å². The molecule has 2 N–H and O–H groups in total. The van der Waals surface area contributed by atoms with Gasteiger partial charge in [0.15, 0.2) is 0 Å². The molecule has 0 fully saturated rings. The second-order valence-corrected chi connectivity index (χ2v) is 5.94. The molecule has 0 radical (unpaired) electrons. The van der Waals surface area contributed by atoms with Crippen molar-refractivity contribution in [1.82, 2.24) is 5.32 Å². The zero-order valence-electron chi connectivity index (χ0n) is 14.8. The smallest absolute Gasteiger partial charge is 0.0687 e. The summed E-state index contributed by atoms with van der Waals surface area (Å²) in [5.74, 6) is 0.350. The predicted molar refractivity (Wildman–Crippen MR) is 102 cm³/mol. The summed E-state index contributed by atoms with van der Waals surface area (Å²) in [4.78, 5) is 0. The van der Waals surface area contributed by atoms with Gasteiger partial charge in [0.05, 0.1) is 5.71 Å². The van der Waals surface area contributed by atoms with E-state index in [1.54, 1.807) is 6.08 Å². The maximum absolute atomic E-state index is 8.57. The average molecular weight is 308 g/mol. The Hall–Kier alpha value is -2.35. The van der Waals surface area contributed by atoms with Gasteiger partial charge >= 0.3 is 0 Å². The van der Waals surface area contributed by atoms with Crippen molar-refractivity contribution < 1.29 is 0 Å². The summed E-state index contributed by atoms with van der Waals surface area (Å²) >= 11 is 0. The van der Waals surface area contributed by atoms with Crippen molar-refractivity contribution in [2.75, 3.05) is 6.54 Å². The van der Waals surface area contributed by atoms with E-state index in [1.165, 1.54) is 11.1 Å². The monoisotopic (exact) mass is 308 g/mol. The molecule has 0 spiro atoms. The van der Waals surface area contributed by atoms with Crippen LogP contribution in [0.2, 0.25) is 0 Å². The number of allylic oxidation sites excluding steroid dienone is 4. The van der Waals surface area contributed by atoms with Gasteiger partial charge in [-0.3, -0.25) is 5.41 Å². The fourth-order valence-corrected chi connectivity index (χ4v) is 2.36. The van der Waals surface area contributed by atoms with Gasteiger partial charge in [0, 0.05) is 23.9 Å². The normalized spacial score (nSPS) is 11.3. The Bertz CT molecular complexity index is 660. The fourth-order valence-electron chi connectivity index (χ4n) is 2.36. The lowest BCUT2D eigenvalue weighted by molar-refractivity contribution is 0.862. The molecule has 23 heavy (non-hydrogen) atoms. The number of hydrogen-bond donors (Lipinski definition) is 2. The van der Waals surface area contributed by atoms with Crippen LogP contribution in [0.3, 0.4) is 0 Å². The molecule has 0 aliphatic heterocycles. The van der Waals surface area contributed by atoms with Crippen LogP contribution in [0, 0.1) is 12.3 Å². The van der Waals surface area contributed by atoms with Crippen LogP contribution in [0.25, 0.3) is 0 Å². The van der Waals surface area contributed by atoms with Crippen LogP contribution in [-0.4, -0.2) is 12.3 Å². The van der Waals surface area contributed by atoms with Crippen LogP contribution in [0.4, 0.5) is 0 Å². The molecular formula is C21H28N2. The van der Waals surface area contributed by atoms with Crippen LogP contribution >= 0.6 is 0 Å². The maximum atomic E-state index is 8.57. The lowest BCUT2D eigenvalue weighted by Crippen LogP contribution is -2.11. The zero-order valence-corrected chi connectivity index (χ0v) is 14.8. The Balaban J connectivity index is 3.17. The van der Waals surface area contributed by atoms with Gasteiger partial charge < -0.3 is 5.32 Å². The maximum Gasteiger partial charge on any atom is 0.0687 e. The van der Waals surface area contributed by atoms with Crippen LogP contribution < -0.4 is 5.32 Å². The lowest BCUT2D eigenvalue weighted by Gasteiger charge is -2.18. The third-order valence-electron chi connectivity index (χ3n) is 3.79. The van der Waals surface area contributed by atoms with Gasteiger partial charge in [-0.1, -0.05) is 63.4 Å². The second kappa shape index (κ2) is 8.33. The Labute approximate surface area is 140 Å². The molecule has 122 valence electrons. The predicted octanol–water partition coefficient (Wildman–Crippen LogP) is 5.28. The highest BCUT2D eigenvalue weighted by Crippen LogP contribution is 2.26. The Morgan fingerprint density at radius 3 is 2.43 bits per heavy atom. The molecule has 1 aromatic carbocycles. The SMILES string of the molecule is C=C/C(=C\NCC)C(=C)C(=C)C(=N)c1ccc(C)cc1C(C)C. The van der Waals surface area contributed by atoms with E-state index in [4.69, 9.17) is 5.41 Å². The summed E-state index contributed by atoms with van der Waals surface area (Å²) in [6.45, 7) is 21.2. The minimum Gasteiger partial charge on any atom is -0.391 e. The first-order chi connectivity index (χ1) is 10.8. The van der Waals surface area contributed by atoms with Crippen LogP contribution in [0.1, 0.15) is 43.4 Å². The summed E-state index contributed by atoms with van der Waals surface area (Å²) in [5.41, 5.74) is 5.92. The van der Waals surface area contributed by atoms with Crippen LogP contribution in [0.5, 0.6) is 0 Å². The molecule has 0 aliphatic rings. The van der Waals surface area contributed by atoms with E-state index in [1.807, 2.05) is 25.3 Å². The van der Waals surface area contributed by atoms with E-state index < -0.39 is 0 Å². The van der Waals surface area contributed by atoms with E-state index in [9.17, 15) is 0 Å². The van der Waals surface area contributed by atoms with Crippen LogP contribution in [0.15, 0.2) is 66.9 Å². The minimum atomic E-state index is 0.350. The first-order valence-corrected chi connectivity index (χ1v) is 7.97. The van der Waals surface area contributed by atoms with Crippen molar-refractivity contribution in [1.29, 1.82) is 5.41 Å². The number of hydrogen-bond acceptors (Lipinski definition) is 2. The van der Waals surface area contributed by atoms with Crippen molar-refractivity contribution in [2.45, 2.75) is 33.6 Å². The van der Waals surface area contributed by atoms with E-state index >= 15 is 0 Å². The minimum absolute atomic E-state index is 0.350. The van der Waals surface area contributed by atoms with Crippen molar-refractivity contribution in [3.63, 3.8) is 0 Å². The largest absolute Gasteiger partial charge is 0.391 e. The first kappa shape index (κ1) is 18.7. The summed E-state index contributed by atoms with van der Waals surface area (Å²) in [6, 6.07) is 6.19. The molecule has 0 saturated heterocycles. The van der Waals surface area contributed by atoms with E-state index in [0.29, 0.717) is 17.2 Å². The quantitative estimate of drug-likeness (QED) is 0.497. The first-order valence-electron chi connectivity index (χ1n) is 7.97. The molecule has 2 heteroatoms. The zero-order chi connectivity index (χ0) is 17.6. The molecule has 0 aromatic heterocycles. The third-order valence-corrected chi connectivity index (χ3v) is 3.79. The van der Waals surface area contributed by atoms with Gasteiger partial charge in [0.2, 0.25) is 0 Å². The van der Waals surface area contributed by atoms with Gasteiger partial charge in [0.1, 0.15) is 0 Å². The number of benzene rings is 1. The van der Waals surface area contributed by atoms with Crippen molar-refractivity contribution in [3.05, 3.63) is 83.6 Å². The highest BCUT2D eigenvalue weighted by molar-refractivity contribution is 6.14. The second-order valence-electron chi connectivity index (χ2n) is 5.94. The van der Waals surface area contributed by atoms with E-state index in [-0.39, 0.29) is 0 Å². The summed E-state index contributed by atoms with van der Waals surface area (Å²) in [6.07, 6.45) is 3.61. The van der Waals surface area contributed by atoms with Crippen molar-refractivity contribution in [2.24, 2.45) is 0 Å². The molecule has 0 saturated carbocycles. The van der Waals surface area contributed by atoms with Gasteiger partial charge in [-0.25, -0.2) is 0 Å². The van der Waals surface area contributed by atoms with Crippen LogP contribution in [-0.2, 0) is 0 Å². The van der Waals surface area contributed by atoms with Crippen molar-refractivity contribution in [3.8, 4) is 0 Å². The van der Waals surface area contributed by atoms with Crippen molar-refractivity contribution >= 4 is 5.71 Å². The van der Waals surface area contributed by atoms with Gasteiger partial charge in [-0.2, -0.15) is 0 Å². The molecule has 1 aromatic rings. The van der Waals surface area contributed by atoms with Gasteiger partial charge in [-0.05, 0) is 36.5 Å². The molecule has 0 bridgehead atoms. The van der Waals surface area contributed by atoms with Gasteiger partial charge in [-0.15, -0.1) is 0 Å². The lowest BCUT2D eigenvalue weighted by atomic mass is 9.87. The molecule has 0 aliphatic carbocycles. The number of rotatable bonds is 8. The Morgan fingerprint density at radius 2 is 1.91 bits per heavy atom. The number of nitrogens with one attached hydrogen (secondary N) is 2. The summed E-state index contributed by atoms with van der Waals surface area (Å²) in [7, 11) is 0. The molecule has 0 unspecified atom stereocenters. The molecule has 0 heterocycles. The molecule has 0 atom stereocenters. The highest BCUT2D eigenvalue weighted by Gasteiger charge is 2.16. The molecule has 0 amide bonds. The average Bonchev–Trinajstić information content (AvgIpc) is 2.53. The van der Waals surface area contributed by atoms with E-state index in [2.05, 4.69) is 51.9 Å². The Kier molecular flexibility index (Phi) is 6.77. The Morgan fingerprint density at radius 1 is 1.26 bits per heavy atom. The third kappa shape index (κ3) is 4.56. The highest BCUT2D eigenvalue weighted by atomic mass is 14.8. The molecule has 2 nitrogen and oxygen atoms in total. The summed E-state index contributed by atoms with van der Waals surface area (Å²) in [5, 5.41) is 11.7. The topological polar surface area (TPSA) is 35.9 Å².